The fraction of sp³-hybridized carbons (Fsp3) is 0.400. The Morgan fingerprint density at radius 1 is 1.50 bits per heavy atom. The Labute approximate surface area is 132 Å². The summed E-state index contributed by atoms with van der Waals surface area (Å²) in [5.41, 5.74) is 0.889. The number of hydrogen-bond acceptors (Lipinski definition) is 4. The molecule has 0 bridgehead atoms. The van der Waals surface area contributed by atoms with Crippen LogP contribution in [0, 0.1) is 0 Å². The third kappa shape index (κ3) is 3.04. The first kappa shape index (κ1) is 14.8. The van der Waals surface area contributed by atoms with Gasteiger partial charge in [0.25, 0.3) is 0 Å². The molecule has 0 aromatic carbocycles. The second-order valence-electron chi connectivity index (χ2n) is 5.33. The molecule has 0 fully saturated rings. The summed E-state index contributed by atoms with van der Waals surface area (Å²) in [5, 5.41) is 4.99. The summed E-state index contributed by atoms with van der Waals surface area (Å²) < 4.78 is 1.86. The number of amides is 2. The van der Waals surface area contributed by atoms with E-state index in [2.05, 4.69) is 16.4 Å². The van der Waals surface area contributed by atoms with Gasteiger partial charge in [-0.2, -0.15) is 0 Å². The summed E-state index contributed by atoms with van der Waals surface area (Å²) in [5.74, 6) is -0.0920. The van der Waals surface area contributed by atoms with Crippen LogP contribution in [-0.4, -0.2) is 39.4 Å². The number of carbonyl (C=O) groups excluding carboxylic acids is 2. The number of hydrogen-bond donors (Lipinski definition) is 1. The maximum absolute atomic E-state index is 12.5. The third-order valence-electron chi connectivity index (χ3n) is 3.83. The molecule has 116 valence electrons. The highest BCUT2D eigenvalue weighted by Gasteiger charge is 2.30. The SMILES string of the molecule is CC(=O)N1Cc2cncn2C(C(=O)NCCc2cccs2)C1. The highest BCUT2D eigenvalue weighted by molar-refractivity contribution is 7.09. The number of fused-ring (bicyclic) bond motifs is 1. The number of imidazole rings is 1. The quantitative estimate of drug-likeness (QED) is 0.921. The van der Waals surface area contributed by atoms with Crippen LogP contribution in [-0.2, 0) is 22.6 Å². The van der Waals surface area contributed by atoms with Gasteiger partial charge in [0.2, 0.25) is 11.8 Å². The van der Waals surface area contributed by atoms with Crippen LogP contribution in [0.25, 0.3) is 0 Å². The summed E-state index contributed by atoms with van der Waals surface area (Å²) in [4.78, 5) is 31.1. The smallest absolute Gasteiger partial charge is 0.244 e. The Morgan fingerprint density at radius 3 is 3.09 bits per heavy atom. The molecule has 6 nitrogen and oxygen atoms in total. The number of thiophene rings is 1. The van der Waals surface area contributed by atoms with Gasteiger partial charge in [0.05, 0.1) is 25.1 Å². The van der Waals surface area contributed by atoms with Crippen molar-refractivity contribution in [3.8, 4) is 0 Å². The molecule has 0 saturated carbocycles. The fourth-order valence-corrected chi connectivity index (χ4v) is 3.33. The van der Waals surface area contributed by atoms with E-state index < -0.39 is 6.04 Å². The molecule has 1 aliphatic heterocycles. The van der Waals surface area contributed by atoms with Crippen LogP contribution in [0.4, 0.5) is 0 Å². The Balaban J connectivity index is 1.65. The molecule has 2 aromatic rings. The minimum Gasteiger partial charge on any atom is -0.354 e. The normalized spacial score (nSPS) is 17.1. The van der Waals surface area contributed by atoms with Crippen molar-refractivity contribution in [1.82, 2.24) is 19.8 Å². The van der Waals surface area contributed by atoms with Crippen LogP contribution in [0.2, 0.25) is 0 Å². The van der Waals surface area contributed by atoms with E-state index in [0.29, 0.717) is 19.6 Å². The average molecular weight is 318 g/mol. The van der Waals surface area contributed by atoms with Gasteiger partial charge in [-0.15, -0.1) is 11.3 Å². The lowest BCUT2D eigenvalue weighted by atomic mass is 10.1. The number of carbonyl (C=O) groups is 2. The van der Waals surface area contributed by atoms with Crippen molar-refractivity contribution in [3.63, 3.8) is 0 Å². The molecule has 0 saturated heterocycles. The first-order valence-corrected chi connectivity index (χ1v) is 8.09. The van der Waals surface area contributed by atoms with Crippen molar-refractivity contribution >= 4 is 23.2 Å². The van der Waals surface area contributed by atoms with Crippen molar-refractivity contribution in [2.45, 2.75) is 25.9 Å². The molecule has 0 aliphatic carbocycles. The predicted octanol–water partition coefficient (Wildman–Crippen LogP) is 1.21. The van der Waals surface area contributed by atoms with Crippen molar-refractivity contribution in [2.75, 3.05) is 13.1 Å². The van der Waals surface area contributed by atoms with Crippen molar-refractivity contribution in [3.05, 3.63) is 40.6 Å². The van der Waals surface area contributed by atoms with Gasteiger partial charge < -0.3 is 14.8 Å². The van der Waals surface area contributed by atoms with Crippen LogP contribution >= 0.6 is 11.3 Å². The molecule has 1 unspecified atom stereocenters. The Kier molecular flexibility index (Phi) is 4.24. The Bertz CT molecular complexity index is 665. The van der Waals surface area contributed by atoms with Crippen LogP contribution in [0.1, 0.15) is 23.5 Å². The van der Waals surface area contributed by atoms with Crippen LogP contribution in [0.3, 0.4) is 0 Å². The molecule has 7 heteroatoms. The molecule has 0 radical (unpaired) electrons. The first-order chi connectivity index (χ1) is 10.6. The Hall–Kier alpha value is -2.15. The molecule has 2 amide bonds. The molecule has 3 heterocycles. The maximum Gasteiger partial charge on any atom is 0.244 e. The van der Waals surface area contributed by atoms with Gasteiger partial charge in [-0.25, -0.2) is 4.98 Å². The summed E-state index contributed by atoms with van der Waals surface area (Å²) in [6.45, 7) is 3.02. The number of rotatable bonds is 4. The highest BCUT2D eigenvalue weighted by atomic mass is 32.1. The second-order valence-corrected chi connectivity index (χ2v) is 6.36. The average Bonchev–Trinajstić information content (AvgIpc) is 3.16. The lowest BCUT2D eigenvalue weighted by Crippen LogP contribution is -2.46. The van der Waals surface area contributed by atoms with E-state index in [1.807, 2.05) is 16.0 Å². The molecule has 2 aromatic heterocycles. The largest absolute Gasteiger partial charge is 0.354 e. The van der Waals surface area contributed by atoms with Gasteiger partial charge >= 0.3 is 0 Å². The minimum absolute atomic E-state index is 0.0242. The maximum atomic E-state index is 12.5. The summed E-state index contributed by atoms with van der Waals surface area (Å²) >= 11 is 1.69. The van der Waals surface area contributed by atoms with Crippen LogP contribution in [0.5, 0.6) is 0 Å². The van der Waals surface area contributed by atoms with E-state index in [0.717, 1.165) is 12.1 Å². The third-order valence-corrected chi connectivity index (χ3v) is 4.76. The first-order valence-electron chi connectivity index (χ1n) is 7.21. The molecular formula is C15H18N4O2S. The van der Waals surface area contributed by atoms with Crippen LogP contribution in [0.15, 0.2) is 30.0 Å². The minimum atomic E-state index is -0.404. The summed E-state index contributed by atoms with van der Waals surface area (Å²) in [6, 6.07) is 3.66. The topological polar surface area (TPSA) is 67.2 Å². The van der Waals surface area contributed by atoms with Crippen molar-refractivity contribution in [2.24, 2.45) is 0 Å². The Morgan fingerprint density at radius 2 is 2.36 bits per heavy atom. The van der Waals surface area contributed by atoms with Gasteiger partial charge in [0, 0.05) is 24.5 Å². The number of nitrogens with zero attached hydrogens (tertiary/aromatic N) is 3. The molecule has 1 N–H and O–H groups in total. The predicted molar refractivity (Wildman–Crippen MR) is 83.4 cm³/mol. The molecule has 0 spiro atoms. The second kappa shape index (κ2) is 6.31. The highest BCUT2D eigenvalue weighted by Crippen LogP contribution is 2.21. The molecule has 1 atom stereocenters. The van der Waals surface area contributed by atoms with E-state index in [4.69, 9.17) is 0 Å². The zero-order valence-electron chi connectivity index (χ0n) is 12.4. The van der Waals surface area contributed by atoms with Gasteiger partial charge in [-0.05, 0) is 17.9 Å². The molecule has 1 aliphatic rings. The van der Waals surface area contributed by atoms with Crippen molar-refractivity contribution < 1.29 is 9.59 Å². The van der Waals surface area contributed by atoms with E-state index in [1.165, 1.54) is 11.8 Å². The van der Waals surface area contributed by atoms with Crippen LogP contribution < -0.4 is 5.32 Å². The zero-order valence-corrected chi connectivity index (χ0v) is 13.2. The fourth-order valence-electron chi connectivity index (χ4n) is 2.62. The van der Waals surface area contributed by atoms with Gasteiger partial charge in [0.1, 0.15) is 6.04 Å². The van der Waals surface area contributed by atoms with Gasteiger partial charge in [0.15, 0.2) is 0 Å². The number of nitrogens with one attached hydrogen (secondary N) is 1. The molecule has 3 rings (SSSR count). The van der Waals surface area contributed by atoms with E-state index in [9.17, 15) is 9.59 Å². The van der Waals surface area contributed by atoms with E-state index >= 15 is 0 Å². The molecular weight excluding hydrogens is 300 g/mol. The monoisotopic (exact) mass is 318 g/mol. The van der Waals surface area contributed by atoms with Gasteiger partial charge in [-0.1, -0.05) is 6.07 Å². The standard InChI is InChI=1S/C15H18N4O2S/c1-11(20)18-8-12-7-16-10-19(12)14(9-18)15(21)17-5-4-13-3-2-6-22-13/h2-3,6-7,10,14H,4-5,8-9H2,1H3,(H,17,21). The summed E-state index contributed by atoms with van der Waals surface area (Å²) in [7, 11) is 0. The van der Waals surface area contributed by atoms with E-state index in [-0.39, 0.29) is 11.8 Å². The van der Waals surface area contributed by atoms with Gasteiger partial charge in [-0.3, -0.25) is 9.59 Å². The van der Waals surface area contributed by atoms with E-state index in [1.54, 1.807) is 28.8 Å². The molecule has 22 heavy (non-hydrogen) atoms. The van der Waals surface area contributed by atoms with Crippen molar-refractivity contribution in [1.29, 1.82) is 0 Å². The number of aromatic nitrogens is 2. The lowest BCUT2D eigenvalue weighted by molar-refractivity contribution is -0.133. The summed E-state index contributed by atoms with van der Waals surface area (Å²) in [6.07, 6.45) is 4.20. The lowest BCUT2D eigenvalue weighted by Gasteiger charge is -2.33. The zero-order chi connectivity index (χ0) is 15.5.